The molecule has 0 saturated heterocycles. The Labute approximate surface area is 124 Å². The van der Waals surface area contributed by atoms with Crippen LogP contribution < -0.4 is 10.1 Å². The molecule has 0 radical (unpaired) electrons. The molecule has 1 amide bonds. The fourth-order valence-corrected chi connectivity index (χ4v) is 2.31. The first-order valence-corrected chi connectivity index (χ1v) is 7.10. The molecule has 114 valence electrons. The van der Waals surface area contributed by atoms with Crippen LogP contribution in [0, 0.1) is 5.92 Å². The fraction of sp³-hybridized carbons (Fsp3) is 0.438. The monoisotopic (exact) mass is 290 g/mol. The minimum Gasteiger partial charge on any atom is -0.496 e. The van der Waals surface area contributed by atoms with Crippen molar-refractivity contribution in [1.29, 1.82) is 0 Å². The number of nitrogens with one attached hydrogen (secondary N) is 2. The quantitative estimate of drug-likeness (QED) is 0.760. The van der Waals surface area contributed by atoms with Crippen LogP contribution >= 0.6 is 0 Å². The van der Waals surface area contributed by atoms with Crippen LogP contribution in [0.5, 0.6) is 5.75 Å². The van der Waals surface area contributed by atoms with Crippen LogP contribution in [0.25, 0.3) is 10.9 Å². The highest BCUT2D eigenvalue weighted by Gasteiger charge is 2.16. The van der Waals surface area contributed by atoms with Crippen molar-refractivity contribution in [2.45, 2.75) is 26.3 Å². The number of carbonyl (C=O) groups is 1. The number of fused-ring (bicyclic) bond motifs is 1. The molecule has 1 aromatic carbocycles. The molecule has 0 fully saturated rings. The highest BCUT2D eigenvalue weighted by Crippen LogP contribution is 2.28. The molecule has 2 rings (SSSR count). The lowest BCUT2D eigenvalue weighted by Gasteiger charge is -2.19. The van der Waals surface area contributed by atoms with Gasteiger partial charge in [0, 0.05) is 29.7 Å². The predicted octanol–water partition coefficient (Wildman–Crippen LogP) is 1.85. The van der Waals surface area contributed by atoms with Crippen molar-refractivity contribution in [2.75, 3.05) is 13.7 Å². The molecule has 2 unspecified atom stereocenters. The van der Waals surface area contributed by atoms with Crippen LogP contribution in [0.15, 0.2) is 24.4 Å². The summed E-state index contributed by atoms with van der Waals surface area (Å²) < 4.78 is 5.36. The van der Waals surface area contributed by atoms with Crippen molar-refractivity contribution in [3.63, 3.8) is 0 Å². The van der Waals surface area contributed by atoms with Gasteiger partial charge in [0.1, 0.15) is 5.75 Å². The molecule has 3 N–H and O–H groups in total. The SMILES string of the molecule is COc1cccc2[nH]cc(CC(=O)NC(C)C(C)CO)c12. The number of carbonyl (C=O) groups excluding carboxylic acids is 1. The van der Waals surface area contributed by atoms with Crippen molar-refractivity contribution in [3.8, 4) is 5.75 Å². The molecule has 0 aliphatic carbocycles. The first kappa shape index (κ1) is 15.4. The molecule has 0 bridgehead atoms. The van der Waals surface area contributed by atoms with Crippen molar-refractivity contribution in [3.05, 3.63) is 30.0 Å². The standard InChI is InChI=1S/C16H22N2O3/c1-10(9-19)11(2)18-15(20)7-12-8-17-13-5-4-6-14(21-3)16(12)13/h4-6,8,10-11,17,19H,7,9H2,1-3H3,(H,18,20). The van der Waals surface area contributed by atoms with Gasteiger partial charge in [-0.25, -0.2) is 0 Å². The second-order valence-corrected chi connectivity index (χ2v) is 5.39. The number of aliphatic hydroxyl groups excluding tert-OH is 1. The van der Waals surface area contributed by atoms with Crippen molar-refractivity contribution in [1.82, 2.24) is 10.3 Å². The number of amides is 1. The van der Waals surface area contributed by atoms with E-state index in [1.807, 2.05) is 38.2 Å². The Morgan fingerprint density at radius 2 is 2.19 bits per heavy atom. The second-order valence-electron chi connectivity index (χ2n) is 5.39. The summed E-state index contributed by atoms with van der Waals surface area (Å²) in [5.74, 6) is 0.731. The topological polar surface area (TPSA) is 74.4 Å². The van der Waals surface area contributed by atoms with Gasteiger partial charge in [-0.3, -0.25) is 4.79 Å². The number of benzene rings is 1. The molecule has 2 aromatic rings. The molecule has 0 spiro atoms. The summed E-state index contributed by atoms with van der Waals surface area (Å²) in [6.45, 7) is 3.86. The van der Waals surface area contributed by atoms with E-state index in [1.54, 1.807) is 7.11 Å². The molecule has 0 aliphatic rings. The van der Waals surface area contributed by atoms with E-state index in [0.717, 1.165) is 22.2 Å². The smallest absolute Gasteiger partial charge is 0.224 e. The molecule has 2 atom stereocenters. The van der Waals surface area contributed by atoms with Crippen LogP contribution in [0.2, 0.25) is 0 Å². The maximum atomic E-state index is 12.1. The fourth-order valence-electron chi connectivity index (χ4n) is 2.31. The summed E-state index contributed by atoms with van der Waals surface area (Å²) >= 11 is 0. The third kappa shape index (κ3) is 3.36. The normalized spacial score (nSPS) is 13.9. The molecule has 1 aromatic heterocycles. The minimum absolute atomic E-state index is 0.0338. The zero-order valence-electron chi connectivity index (χ0n) is 12.6. The van der Waals surface area contributed by atoms with Gasteiger partial charge in [0.05, 0.1) is 13.5 Å². The maximum absolute atomic E-state index is 12.1. The van der Waals surface area contributed by atoms with Gasteiger partial charge in [0.15, 0.2) is 0 Å². The van der Waals surface area contributed by atoms with Gasteiger partial charge in [0.25, 0.3) is 0 Å². The molecule has 0 saturated carbocycles. The number of H-pyrrole nitrogens is 1. The third-order valence-electron chi connectivity index (χ3n) is 3.85. The van der Waals surface area contributed by atoms with E-state index < -0.39 is 0 Å². The van der Waals surface area contributed by atoms with Gasteiger partial charge in [-0.05, 0) is 30.5 Å². The Balaban J connectivity index is 2.15. The number of aromatic amines is 1. The average molecular weight is 290 g/mol. The van der Waals surface area contributed by atoms with Gasteiger partial charge in [0.2, 0.25) is 5.91 Å². The highest BCUT2D eigenvalue weighted by molar-refractivity contribution is 5.93. The van der Waals surface area contributed by atoms with Gasteiger partial charge in [-0.2, -0.15) is 0 Å². The predicted molar refractivity (Wildman–Crippen MR) is 82.4 cm³/mol. The number of methoxy groups -OCH3 is 1. The summed E-state index contributed by atoms with van der Waals surface area (Å²) in [6, 6.07) is 5.69. The van der Waals surface area contributed by atoms with Crippen LogP contribution in [0.1, 0.15) is 19.4 Å². The van der Waals surface area contributed by atoms with E-state index in [2.05, 4.69) is 10.3 Å². The van der Waals surface area contributed by atoms with Crippen LogP contribution in [0.3, 0.4) is 0 Å². The Kier molecular flexibility index (Phi) is 4.85. The first-order valence-electron chi connectivity index (χ1n) is 7.10. The minimum atomic E-state index is -0.0606. The van der Waals surface area contributed by atoms with Gasteiger partial charge >= 0.3 is 0 Å². The lowest BCUT2D eigenvalue weighted by Crippen LogP contribution is -2.39. The first-order chi connectivity index (χ1) is 10.1. The molecular formula is C16H22N2O3. The maximum Gasteiger partial charge on any atom is 0.224 e. The van der Waals surface area contributed by atoms with Crippen LogP contribution in [0.4, 0.5) is 0 Å². The number of aromatic nitrogens is 1. The Morgan fingerprint density at radius 1 is 1.43 bits per heavy atom. The van der Waals surface area contributed by atoms with Crippen molar-refractivity contribution in [2.24, 2.45) is 5.92 Å². The Hall–Kier alpha value is -2.01. The van der Waals surface area contributed by atoms with Crippen LogP contribution in [-0.4, -0.2) is 35.8 Å². The number of hydrogen-bond donors (Lipinski definition) is 3. The molecule has 1 heterocycles. The van der Waals surface area contributed by atoms with E-state index in [-0.39, 0.29) is 30.9 Å². The lowest BCUT2D eigenvalue weighted by atomic mass is 10.0. The van der Waals surface area contributed by atoms with E-state index in [9.17, 15) is 4.79 Å². The molecular weight excluding hydrogens is 268 g/mol. The lowest BCUT2D eigenvalue weighted by molar-refractivity contribution is -0.121. The largest absolute Gasteiger partial charge is 0.496 e. The zero-order valence-corrected chi connectivity index (χ0v) is 12.6. The number of aliphatic hydroxyl groups is 1. The van der Waals surface area contributed by atoms with Crippen molar-refractivity contribution < 1.29 is 14.6 Å². The molecule has 5 heteroatoms. The number of ether oxygens (including phenoxy) is 1. The van der Waals surface area contributed by atoms with E-state index in [0.29, 0.717) is 0 Å². The van der Waals surface area contributed by atoms with Gasteiger partial charge in [-0.1, -0.05) is 13.0 Å². The molecule has 21 heavy (non-hydrogen) atoms. The Morgan fingerprint density at radius 3 is 2.86 bits per heavy atom. The summed E-state index contributed by atoms with van der Waals surface area (Å²) in [7, 11) is 1.62. The molecule has 0 aliphatic heterocycles. The zero-order chi connectivity index (χ0) is 15.4. The highest BCUT2D eigenvalue weighted by atomic mass is 16.5. The third-order valence-corrected chi connectivity index (χ3v) is 3.85. The van der Waals surface area contributed by atoms with Crippen LogP contribution in [-0.2, 0) is 11.2 Å². The summed E-state index contributed by atoms with van der Waals surface area (Å²) in [5.41, 5.74) is 1.86. The summed E-state index contributed by atoms with van der Waals surface area (Å²) in [6.07, 6.45) is 2.12. The van der Waals surface area contributed by atoms with E-state index in [1.165, 1.54) is 0 Å². The van der Waals surface area contributed by atoms with Gasteiger partial charge < -0.3 is 20.1 Å². The second kappa shape index (κ2) is 6.63. The average Bonchev–Trinajstić information content (AvgIpc) is 2.89. The Bertz CT molecular complexity index is 621. The van der Waals surface area contributed by atoms with Gasteiger partial charge in [-0.15, -0.1) is 0 Å². The van der Waals surface area contributed by atoms with E-state index >= 15 is 0 Å². The van der Waals surface area contributed by atoms with Crippen molar-refractivity contribution >= 4 is 16.8 Å². The summed E-state index contributed by atoms with van der Waals surface area (Å²) in [5, 5.41) is 13.0. The summed E-state index contributed by atoms with van der Waals surface area (Å²) in [4.78, 5) is 15.3. The number of rotatable bonds is 6. The van der Waals surface area contributed by atoms with E-state index in [4.69, 9.17) is 9.84 Å². The molecule has 5 nitrogen and oxygen atoms in total. The number of hydrogen-bond acceptors (Lipinski definition) is 3.